The number of aliphatic hydroxyl groups excluding tert-OH is 1. The number of hydrogen-bond acceptors (Lipinski definition) is 2. The lowest BCUT2D eigenvalue weighted by Gasteiger charge is -2.29. The fraction of sp³-hybridized carbons (Fsp3) is 0.538. The van der Waals surface area contributed by atoms with Crippen LogP contribution in [0.2, 0.25) is 5.02 Å². The molecule has 0 amide bonds. The zero-order valence-electron chi connectivity index (χ0n) is 9.75. The van der Waals surface area contributed by atoms with Gasteiger partial charge in [0.05, 0.1) is 11.7 Å². The minimum absolute atomic E-state index is 0.250. The molecule has 1 heterocycles. The predicted octanol–water partition coefficient (Wildman–Crippen LogP) is 2.95. The zero-order chi connectivity index (χ0) is 12.5. The first-order chi connectivity index (χ1) is 8.01. The van der Waals surface area contributed by atoms with Gasteiger partial charge >= 0.3 is 0 Å². The van der Waals surface area contributed by atoms with Crippen LogP contribution in [0.5, 0.6) is 0 Å². The van der Waals surface area contributed by atoms with E-state index < -0.39 is 11.7 Å². The molecule has 1 fully saturated rings. The van der Waals surface area contributed by atoms with Gasteiger partial charge in [-0.3, -0.25) is 0 Å². The molecule has 1 aliphatic rings. The first-order valence-corrected chi connectivity index (χ1v) is 6.15. The van der Waals surface area contributed by atoms with Crippen LogP contribution in [0.3, 0.4) is 0 Å². The van der Waals surface area contributed by atoms with Crippen LogP contribution in [0, 0.1) is 5.82 Å². The fourth-order valence-electron chi connectivity index (χ4n) is 2.17. The molecule has 4 heteroatoms. The maximum Gasteiger partial charge on any atom is 0.127 e. The molecule has 1 aliphatic heterocycles. The highest BCUT2D eigenvalue weighted by molar-refractivity contribution is 6.30. The van der Waals surface area contributed by atoms with Crippen molar-refractivity contribution in [1.82, 2.24) is 0 Å². The number of ether oxygens (including phenoxy) is 1. The summed E-state index contributed by atoms with van der Waals surface area (Å²) in [6, 6.07) is 4.51. The van der Waals surface area contributed by atoms with Gasteiger partial charge in [-0.1, -0.05) is 17.7 Å². The minimum atomic E-state index is -0.694. The second-order valence-electron chi connectivity index (χ2n) is 4.72. The van der Waals surface area contributed by atoms with Crippen LogP contribution in [0.25, 0.3) is 0 Å². The van der Waals surface area contributed by atoms with Crippen molar-refractivity contribution in [3.8, 4) is 0 Å². The molecule has 0 aliphatic carbocycles. The Bertz CT molecular complexity index is 402. The molecule has 2 rings (SSSR count). The molecule has 0 aromatic heterocycles. The Kier molecular flexibility index (Phi) is 3.71. The van der Waals surface area contributed by atoms with Gasteiger partial charge in [-0.2, -0.15) is 0 Å². The molecule has 2 atom stereocenters. The summed E-state index contributed by atoms with van der Waals surface area (Å²) in [6.45, 7) is 2.54. The van der Waals surface area contributed by atoms with Gasteiger partial charge in [0.25, 0.3) is 0 Å². The van der Waals surface area contributed by atoms with E-state index in [0.717, 1.165) is 12.8 Å². The summed E-state index contributed by atoms with van der Waals surface area (Å²) < 4.78 is 19.1. The van der Waals surface area contributed by atoms with Gasteiger partial charge < -0.3 is 9.84 Å². The smallest absolute Gasteiger partial charge is 0.127 e. The number of halogens is 2. The lowest BCUT2D eigenvalue weighted by atomic mass is 9.91. The molecular formula is C13H16ClFO2. The van der Waals surface area contributed by atoms with Crippen LogP contribution >= 0.6 is 11.6 Å². The quantitative estimate of drug-likeness (QED) is 0.903. The summed E-state index contributed by atoms with van der Waals surface area (Å²) >= 11 is 5.68. The number of rotatable bonds is 3. The molecule has 94 valence electrons. The van der Waals surface area contributed by atoms with Crippen LogP contribution in [-0.4, -0.2) is 23.4 Å². The SMILES string of the molecule is CC1(C(O)Cc2ccc(Cl)cc2F)CCCO1. The topological polar surface area (TPSA) is 29.5 Å². The molecule has 1 N–H and O–H groups in total. The van der Waals surface area contributed by atoms with Crippen molar-refractivity contribution >= 4 is 11.6 Å². The van der Waals surface area contributed by atoms with Crippen molar-refractivity contribution in [3.63, 3.8) is 0 Å². The molecule has 2 unspecified atom stereocenters. The van der Waals surface area contributed by atoms with Gasteiger partial charge in [-0.05, 0) is 37.5 Å². The zero-order valence-corrected chi connectivity index (χ0v) is 10.5. The van der Waals surface area contributed by atoms with Gasteiger partial charge in [-0.25, -0.2) is 4.39 Å². The highest BCUT2D eigenvalue weighted by Crippen LogP contribution is 2.30. The van der Waals surface area contributed by atoms with E-state index in [2.05, 4.69) is 0 Å². The van der Waals surface area contributed by atoms with E-state index in [1.165, 1.54) is 6.07 Å². The summed E-state index contributed by atoms with van der Waals surface area (Å²) in [5.41, 5.74) is -0.0786. The largest absolute Gasteiger partial charge is 0.390 e. The third-order valence-electron chi connectivity index (χ3n) is 3.38. The third-order valence-corrected chi connectivity index (χ3v) is 3.62. The second-order valence-corrected chi connectivity index (χ2v) is 5.16. The highest BCUT2D eigenvalue weighted by Gasteiger charge is 2.37. The van der Waals surface area contributed by atoms with E-state index in [0.29, 0.717) is 17.2 Å². The number of aliphatic hydroxyl groups is 1. The van der Waals surface area contributed by atoms with E-state index in [1.807, 2.05) is 6.92 Å². The lowest BCUT2D eigenvalue weighted by molar-refractivity contribution is -0.0770. The molecule has 0 saturated carbocycles. The maximum absolute atomic E-state index is 13.6. The summed E-state index contributed by atoms with van der Waals surface area (Å²) in [5, 5.41) is 10.5. The Balaban J connectivity index is 2.10. The summed E-state index contributed by atoms with van der Waals surface area (Å²) in [6.07, 6.45) is 1.31. The first-order valence-electron chi connectivity index (χ1n) is 5.77. The van der Waals surface area contributed by atoms with Crippen LogP contribution in [0.1, 0.15) is 25.3 Å². The van der Waals surface area contributed by atoms with Crippen LogP contribution in [-0.2, 0) is 11.2 Å². The van der Waals surface area contributed by atoms with E-state index in [4.69, 9.17) is 16.3 Å². The molecule has 17 heavy (non-hydrogen) atoms. The monoisotopic (exact) mass is 258 g/mol. The van der Waals surface area contributed by atoms with Crippen LogP contribution < -0.4 is 0 Å². The van der Waals surface area contributed by atoms with Crippen molar-refractivity contribution < 1.29 is 14.2 Å². The third kappa shape index (κ3) is 2.79. The highest BCUT2D eigenvalue weighted by atomic mass is 35.5. The Hall–Kier alpha value is -0.640. The molecule has 1 aromatic rings. The van der Waals surface area contributed by atoms with Gasteiger partial charge in [0.2, 0.25) is 0 Å². The predicted molar refractivity (Wildman–Crippen MR) is 64.7 cm³/mol. The van der Waals surface area contributed by atoms with Crippen molar-refractivity contribution in [1.29, 1.82) is 0 Å². The van der Waals surface area contributed by atoms with E-state index >= 15 is 0 Å². The average molecular weight is 259 g/mol. The van der Waals surface area contributed by atoms with Crippen molar-refractivity contribution in [3.05, 3.63) is 34.6 Å². The van der Waals surface area contributed by atoms with E-state index in [1.54, 1.807) is 12.1 Å². The van der Waals surface area contributed by atoms with Crippen molar-refractivity contribution in [2.75, 3.05) is 6.61 Å². The molecule has 2 nitrogen and oxygen atoms in total. The minimum Gasteiger partial charge on any atom is -0.390 e. The molecule has 1 aromatic carbocycles. The number of hydrogen-bond donors (Lipinski definition) is 1. The van der Waals surface area contributed by atoms with Crippen LogP contribution in [0.4, 0.5) is 4.39 Å². The fourth-order valence-corrected chi connectivity index (χ4v) is 2.33. The Labute approximate surface area is 105 Å². The average Bonchev–Trinajstić information content (AvgIpc) is 2.71. The van der Waals surface area contributed by atoms with Crippen molar-refractivity contribution in [2.24, 2.45) is 0 Å². The molecule has 0 bridgehead atoms. The summed E-state index contributed by atoms with van der Waals surface area (Å²) in [4.78, 5) is 0. The summed E-state index contributed by atoms with van der Waals surface area (Å²) in [5.74, 6) is -0.377. The first kappa shape index (κ1) is 12.8. The van der Waals surface area contributed by atoms with E-state index in [-0.39, 0.29) is 12.2 Å². The van der Waals surface area contributed by atoms with Gasteiger partial charge in [0.1, 0.15) is 5.82 Å². The molecule has 0 radical (unpaired) electrons. The Morgan fingerprint density at radius 3 is 2.94 bits per heavy atom. The molecule has 1 saturated heterocycles. The Morgan fingerprint density at radius 1 is 1.59 bits per heavy atom. The summed E-state index contributed by atoms with van der Waals surface area (Å²) in [7, 11) is 0. The Morgan fingerprint density at radius 2 is 2.35 bits per heavy atom. The van der Waals surface area contributed by atoms with Gasteiger partial charge in [0.15, 0.2) is 0 Å². The molecule has 0 spiro atoms. The van der Waals surface area contributed by atoms with E-state index in [9.17, 15) is 9.50 Å². The molecular weight excluding hydrogens is 243 g/mol. The van der Waals surface area contributed by atoms with Gasteiger partial charge in [0, 0.05) is 18.1 Å². The second kappa shape index (κ2) is 4.92. The normalized spacial score (nSPS) is 26.1. The van der Waals surface area contributed by atoms with Crippen LogP contribution in [0.15, 0.2) is 18.2 Å². The standard InChI is InChI=1S/C13H16ClFO2/c1-13(5-2-6-17-13)12(16)7-9-3-4-10(14)8-11(9)15/h3-4,8,12,16H,2,5-7H2,1H3. The van der Waals surface area contributed by atoms with Crippen molar-refractivity contribution in [2.45, 2.75) is 37.9 Å². The van der Waals surface area contributed by atoms with Gasteiger partial charge in [-0.15, -0.1) is 0 Å². The number of benzene rings is 1. The maximum atomic E-state index is 13.6. The lowest BCUT2D eigenvalue weighted by Crippen LogP contribution is -2.40.